The minimum Gasteiger partial charge on any atom is -0.475 e. The highest BCUT2D eigenvalue weighted by molar-refractivity contribution is 14.1. The number of pyridine rings is 1. The van der Waals surface area contributed by atoms with Crippen molar-refractivity contribution in [3.05, 3.63) is 52.4 Å². The summed E-state index contributed by atoms with van der Waals surface area (Å²) in [5.74, 6) is -1.75. The van der Waals surface area contributed by atoms with Crippen LogP contribution in [0.1, 0.15) is 0 Å². The van der Waals surface area contributed by atoms with Crippen molar-refractivity contribution in [2.24, 2.45) is 0 Å². The van der Waals surface area contributed by atoms with E-state index in [1.165, 1.54) is 0 Å². The topological polar surface area (TPSA) is 89.1 Å². The maximum absolute atomic E-state index is 10.6. The summed E-state index contributed by atoms with van der Waals surface area (Å²) in [5.41, 5.74) is 1.77. The largest absolute Gasteiger partial charge is 0.490 e. The summed E-state index contributed by atoms with van der Waals surface area (Å²) in [6, 6.07) is 11.6. The van der Waals surface area contributed by atoms with Gasteiger partial charge in [0.05, 0.1) is 11.1 Å². The Morgan fingerprint density at radius 2 is 1.72 bits per heavy atom. The van der Waals surface area contributed by atoms with Gasteiger partial charge in [0.2, 0.25) is 11.8 Å². The van der Waals surface area contributed by atoms with Gasteiger partial charge in [0.1, 0.15) is 0 Å². The molecule has 10 heteroatoms. The molecular formula is C15H9F3IN3O3. The van der Waals surface area contributed by atoms with Gasteiger partial charge in [-0.2, -0.15) is 13.2 Å². The Kier molecular flexibility index (Phi) is 6.07. The SMILES string of the molecule is Ic1ccccc1-c1nnc(-c2cccnc2)o1.O=C(O)C(F)(F)F. The van der Waals surface area contributed by atoms with Gasteiger partial charge in [-0.3, -0.25) is 4.98 Å². The number of halogens is 4. The summed E-state index contributed by atoms with van der Waals surface area (Å²) in [6.07, 6.45) is -1.67. The van der Waals surface area contributed by atoms with Gasteiger partial charge in [-0.1, -0.05) is 12.1 Å². The highest BCUT2D eigenvalue weighted by Gasteiger charge is 2.38. The van der Waals surface area contributed by atoms with Crippen molar-refractivity contribution < 1.29 is 27.5 Å². The van der Waals surface area contributed by atoms with Gasteiger partial charge in [0.15, 0.2) is 0 Å². The quantitative estimate of drug-likeness (QED) is 0.578. The highest BCUT2D eigenvalue weighted by atomic mass is 127. The molecule has 2 aromatic heterocycles. The summed E-state index contributed by atoms with van der Waals surface area (Å²) >= 11 is 2.25. The van der Waals surface area contributed by atoms with E-state index in [4.69, 9.17) is 14.3 Å². The van der Waals surface area contributed by atoms with E-state index in [0.29, 0.717) is 11.8 Å². The van der Waals surface area contributed by atoms with Crippen molar-refractivity contribution in [3.63, 3.8) is 0 Å². The first-order valence-electron chi connectivity index (χ1n) is 6.58. The van der Waals surface area contributed by atoms with Crippen LogP contribution in [0.15, 0.2) is 53.2 Å². The molecule has 0 spiro atoms. The van der Waals surface area contributed by atoms with E-state index < -0.39 is 12.1 Å². The monoisotopic (exact) mass is 463 g/mol. The maximum Gasteiger partial charge on any atom is 0.490 e. The molecule has 3 rings (SSSR count). The molecule has 0 atom stereocenters. The lowest BCUT2D eigenvalue weighted by molar-refractivity contribution is -0.192. The smallest absolute Gasteiger partial charge is 0.475 e. The van der Waals surface area contributed by atoms with Crippen molar-refractivity contribution in [1.29, 1.82) is 0 Å². The standard InChI is InChI=1S/C13H8IN3O.C2HF3O2/c14-11-6-2-1-5-10(11)13-17-16-12(18-13)9-4-3-7-15-8-9;3-2(4,5)1(6)7/h1-8H;(H,6,7). The predicted octanol–water partition coefficient (Wildman–Crippen LogP) is 4.04. The van der Waals surface area contributed by atoms with Crippen LogP contribution < -0.4 is 0 Å². The Balaban J connectivity index is 0.000000277. The Morgan fingerprint density at radius 1 is 1.08 bits per heavy atom. The zero-order valence-electron chi connectivity index (χ0n) is 12.2. The molecule has 0 aliphatic rings. The number of benzene rings is 1. The summed E-state index contributed by atoms with van der Waals surface area (Å²) in [5, 5.41) is 15.2. The minimum atomic E-state index is -5.08. The lowest BCUT2D eigenvalue weighted by atomic mass is 10.2. The third-order valence-corrected chi connectivity index (χ3v) is 3.62. The first kappa shape index (κ1) is 18.8. The third-order valence-electron chi connectivity index (χ3n) is 2.68. The molecule has 3 aromatic rings. The zero-order valence-corrected chi connectivity index (χ0v) is 14.4. The van der Waals surface area contributed by atoms with Crippen molar-refractivity contribution in [2.75, 3.05) is 0 Å². The fraction of sp³-hybridized carbons (Fsp3) is 0.0667. The lowest BCUT2D eigenvalue weighted by Crippen LogP contribution is -2.21. The molecule has 0 unspecified atom stereocenters. The number of aliphatic carboxylic acids is 1. The van der Waals surface area contributed by atoms with Crippen LogP contribution in [0.4, 0.5) is 13.2 Å². The van der Waals surface area contributed by atoms with E-state index in [2.05, 4.69) is 37.8 Å². The van der Waals surface area contributed by atoms with Crippen LogP contribution in [-0.2, 0) is 4.79 Å². The number of hydrogen-bond donors (Lipinski definition) is 1. The summed E-state index contributed by atoms with van der Waals surface area (Å²) in [6.45, 7) is 0. The molecule has 0 fully saturated rings. The Labute approximate surface area is 152 Å². The molecule has 1 aromatic carbocycles. The van der Waals surface area contributed by atoms with E-state index in [1.807, 2.05) is 36.4 Å². The minimum absolute atomic E-state index is 0.484. The molecule has 130 valence electrons. The number of rotatable bonds is 2. The second kappa shape index (κ2) is 8.05. The van der Waals surface area contributed by atoms with Gasteiger partial charge >= 0.3 is 12.1 Å². The van der Waals surface area contributed by atoms with Crippen LogP contribution in [0.25, 0.3) is 22.9 Å². The summed E-state index contributed by atoms with van der Waals surface area (Å²) in [4.78, 5) is 12.9. The summed E-state index contributed by atoms with van der Waals surface area (Å²) in [7, 11) is 0. The fourth-order valence-corrected chi connectivity index (χ4v) is 2.19. The van der Waals surface area contributed by atoms with Crippen molar-refractivity contribution in [3.8, 4) is 22.9 Å². The third kappa shape index (κ3) is 5.24. The van der Waals surface area contributed by atoms with Crippen LogP contribution in [0.3, 0.4) is 0 Å². The van der Waals surface area contributed by atoms with Crippen molar-refractivity contribution in [1.82, 2.24) is 15.2 Å². The maximum atomic E-state index is 10.6. The first-order chi connectivity index (χ1) is 11.8. The predicted molar refractivity (Wildman–Crippen MR) is 89.4 cm³/mol. The Bertz CT molecular complexity index is 854. The molecule has 0 radical (unpaired) electrons. The van der Waals surface area contributed by atoms with Crippen molar-refractivity contribution >= 4 is 28.6 Å². The van der Waals surface area contributed by atoms with Gasteiger partial charge in [-0.15, -0.1) is 10.2 Å². The molecule has 0 aliphatic carbocycles. The molecule has 1 N–H and O–H groups in total. The normalized spacial score (nSPS) is 10.7. The molecule has 6 nitrogen and oxygen atoms in total. The van der Waals surface area contributed by atoms with Crippen LogP contribution in [0.5, 0.6) is 0 Å². The fourth-order valence-electron chi connectivity index (χ4n) is 1.57. The number of alkyl halides is 3. The van der Waals surface area contributed by atoms with Gasteiger partial charge in [0.25, 0.3) is 0 Å². The number of hydrogen-bond acceptors (Lipinski definition) is 5. The van der Waals surface area contributed by atoms with E-state index in [9.17, 15) is 13.2 Å². The summed E-state index contributed by atoms with van der Waals surface area (Å²) < 4.78 is 38.5. The molecule has 2 heterocycles. The molecule has 0 aliphatic heterocycles. The molecule has 0 bridgehead atoms. The average molecular weight is 463 g/mol. The number of nitrogens with zero attached hydrogens (tertiary/aromatic N) is 3. The van der Waals surface area contributed by atoms with Gasteiger partial charge in [0, 0.05) is 16.0 Å². The highest BCUT2D eigenvalue weighted by Crippen LogP contribution is 2.26. The Morgan fingerprint density at radius 3 is 2.28 bits per heavy atom. The average Bonchev–Trinajstić information content (AvgIpc) is 3.05. The molecule has 0 amide bonds. The second-order valence-corrected chi connectivity index (χ2v) is 5.60. The zero-order chi connectivity index (χ0) is 18.4. The lowest BCUT2D eigenvalue weighted by Gasteiger charge is -1.97. The van der Waals surface area contributed by atoms with E-state index in [-0.39, 0.29) is 0 Å². The molecule has 0 saturated heterocycles. The number of carboxylic acids is 1. The van der Waals surface area contributed by atoms with Crippen LogP contribution in [0.2, 0.25) is 0 Å². The van der Waals surface area contributed by atoms with E-state index >= 15 is 0 Å². The van der Waals surface area contributed by atoms with Crippen LogP contribution >= 0.6 is 22.6 Å². The van der Waals surface area contributed by atoms with Gasteiger partial charge in [-0.25, -0.2) is 4.79 Å². The second-order valence-electron chi connectivity index (χ2n) is 4.44. The molecular weight excluding hydrogens is 454 g/mol. The number of aromatic nitrogens is 3. The van der Waals surface area contributed by atoms with E-state index in [1.54, 1.807) is 12.4 Å². The van der Waals surface area contributed by atoms with Crippen LogP contribution in [0, 0.1) is 3.57 Å². The molecule has 0 saturated carbocycles. The van der Waals surface area contributed by atoms with Crippen LogP contribution in [-0.4, -0.2) is 32.4 Å². The van der Waals surface area contributed by atoms with Crippen molar-refractivity contribution in [2.45, 2.75) is 6.18 Å². The first-order valence-corrected chi connectivity index (χ1v) is 7.66. The number of carbonyl (C=O) groups is 1. The van der Waals surface area contributed by atoms with Gasteiger partial charge in [-0.05, 0) is 46.9 Å². The van der Waals surface area contributed by atoms with Gasteiger partial charge < -0.3 is 9.52 Å². The van der Waals surface area contributed by atoms with E-state index in [0.717, 1.165) is 14.7 Å². The Hall–Kier alpha value is -2.50. The molecule has 25 heavy (non-hydrogen) atoms. The number of carboxylic acid groups (broad SMARTS) is 1.